The molecule has 24 heavy (non-hydrogen) atoms. The number of carbonyl (C=O) groups excluding carboxylic acids is 1. The van der Waals surface area contributed by atoms with Gasteiger partial charge in [0, 0.05) is 17.6 Å². The van der Waals surface area contributed by atoms with E-state index >= 15 is 0 Å². The third kappa shape index (κ3) is 4.39. The summed E-state index contributed by atoms with van der Waals surface area (Å²) in [6.07, 6.45) is 0.406. The van der Waals surface area contributed by atoms with E-state index in [2.05, 4.69) is 0 Å². The number of aromatic carboxylic acids is 1. The summed E-state index contributed by atoms with van der Waals surface area (Å²) in [5.41, 5.74) is -0.137. The van der Waals surface area contributed by atoms with Crippen molar-refractivity contribution in [1.82, 2.24) is 4.90 Å². The van der Waals surface area contributed by atoms with Crippen molar-refractivity contribution in [2.75, 3.05) is 24.7 Å². The van der Waals surface area contributed by atoms with Crippen molar-refractivity contribution >= 4 is 33.3 Å². The summed E-state index contributed by atoms with van der Waals surface area (Å²) in [4.78, 5) is 25.0. The SMILES string of the molecule is CCN(C(=O)COc1ccc(Cl)cc1C(=O)O)[C@@H]1CCS(=O)(=O)C1. The fraction of sp³-hybridized carbons (Fsp3) is 0.467. The van der Waals surface area contributed by atoms with Crippen LogP contribution in [0.15, 0.2) is 18.2 Å². The first-order valence-corrected chi connectivity index (χ1v) is 9.59. The third-order valence-electron chi connectivity index (χ3n) is 3.83. The monoisotopic (exact) mass is 375 g/mol. The number of ether oxygens (including phenoxy) is 1. The van der Waals surface area contributed by atoms with Crippen molar-refractivity contribution < 1.29 is 27.9 Å². The highest BCUT2D eigenvalue weighted by Crippen LogP contribution is 2.23. The largest absolute Gasteiger partial charge is 0.483 e. The highest BCUT2D eigenvalue weighted by molar-refractivity contribution is 7.91. The first-order valence-electron chi connectivity index (χ1n) is 7.39. The molecule has 0 unspecified atom stereocenters. The Morgan fingerprint density at radius 2 is 2.12 bits per heavy atom. The van der Waals surface area contributed by atoms with Crippen molar-refractivity contribution in [2.45, 2.75) is 19.4 Å². The molecule has 0 saturated carbocycles. The Kier molecular flexibility index (Phi) is 5.71. The standard InChI is InChI=1S/C15H18ClNO6S/c1-2-17(11-5-6-24(21,22)9-11)14(18)8-23-13-4-3-10(16)7-12(13)15(19)20/h3-4,7,11H,2,5-6,8-9H2,1H3,(H,19,20)/t11-/m1/s1. The fourth-order valence-corrected chi connectivity index (χ4v) is 4.58. The number of hydrogen-bond acceptors (Lipinski definition) is 5. The Morgan fingerprint density at radius 1 is 1.42 bits per heavy atom. The molecule has 9 heteroatoms. The number of benzene rings is 1. The Hall–Kier alpha value is -1.80. The molecule has 1 N–H and O–H groups in total. The second kappa shape index (κ2) is 7.40. The summed E-state index contributed by atoms with van der Waals surface area (Å²) in [7, 11) is -3.10. The smallest absolute Gasteiger partial charge is 0.339 e. The first-order chi connectivity index (χ1) is 11.2. The number of carbonyl (C=O) groups is 2. The van der Waals surface area contributed by atoms with Gasteiger partial charge in [-0.25, -0.2) is 13.2 Å². The first kappa shape index (κ1) is 18.5. The van der Waals surface area contributed by atoms with E-state index in [1.165, 1.54) is 23.1 Å². The zero-order chi connectivity index (χ0) is 17.9. The van der Waals surface area contributed by atoms with E-state index in [0.29, 0.717) is 13.0 Å². The minimum Gasteiger partial charge on any atom is -0.483 e. The van der Waals surface area contributed by atoms with Crippen LogP contribution in [0, 0.1) is 0 Å². The van der Waals surface area contributed by atoms with Crippen LogP contribution in [0.3, 0.4) is 0 Å². The van der Waals surface area contributed by atoms with Crippen LogP contribution in [0.4, 0.5) is 0 Å². The van der Waals surface area contributed by atoms with E-state index < -0.39 is 15.8 Å². The van der Waals surface area contributed by atoms with Crippen LogP contribution in [0.25, 0.3) is 0 Å². The molecule has 0 radical (unpaired) electrons. The van der Waals surface area contributed by atoms with Crippen LogP contribution in [0.1, 0.15) is 23.7 Å². The van der Waals surface area contributed by atoms with Crippen LogP contribution in [0.2, 0.25) is 5.02 Å². The van der Waals surface area contributed by atoms with Gasteiger partial charge in [-0.05, 0) is 31.5 Å². The van der Waals surface area contributed by atoms with Crippen LogP contribution >= 0.6 is 11.6 Å². The number of sulfone groups is 1. The molecular formula is C15H18ClNO6S. The fourth-order valence-electron chi connectivity index (χ4n) is 2.68. The van der Waals surface area contributed by atoms with Crippen LogP contribution < -0.4 is 4.74 Å². The maximum absolute atomic E-state index is 12.3. The molecular weight excluding hydrogens is 358 g/mol. The number of nitrogens with zero attached hydrogens (tertiary/aromatic N) is 1. The number of carboxylic acids is 1. The molecule has 7 nitrogen and oxygen atoms in total. The van der Waals surface area contributed by atoms with Crippen LogP contribution in [0.5, 0.6) is 5.75 Å². The number of hydrogen-bond donors (Lipinski definition) is 1. The van der Waals surface area contributed by atoms with E-state index in [1.54, 1.807) is 6.92 Å². The molecule has 1 aliphatic heterocycles. The van der Waals surface area contributed by atoms with E-state index in [9.17, 15) is 18.0 Å². The molecule has 0 bridgehead atoms. The summed E-state index contributed by atoms with van der Waals surface area (Å²) < 4.78 is 28.5. The molecule has 1 fully saturated rings. The molecule has 0 aromatic heterocycles. The van der Waals surface area contributed by atoms with E-state index in [1.807, 2.05) is 0 Å². The zero-order valence-corrected chi connectivity index (χ0v) is 14.6. The van der Waals surface area contributed by atoms with Crippen LogP contribution in [-0.2, 0) is 14.6 Å². The van der Waals surface area contributed by atoms with E-state index in [4.69, 9.17) is 21.4 Å². The molecule has 2 rings (SSSR count). The average Bonchev–Trinajstić information content (AvgIpc) is 2.86. The van der Waals surface area contributed by atoms with Gasteiger partial charge in [-0.2, -0.15) is 0 Å². The lowest BCUT2D eigenvalue weighted by Gasteiger charge is -2.26. The molecule has 1 heterocycles. The van der Waals surface area contributed by atoms with Gasteiger partial charge < -0.3 is 14.7 Å². The lowest BCUT2D eigenvalue weighted by Crippen LogP contribution is -2.43. The van der Waals surface area contributed by atoms with Gasteiger partial charge >= 0.3 is 5.97 Å². The number of halogens is 1. The normalized spacial score (nSPS) is 19.0. The molecule has 1 aromatic rings. The van der Waals surface area contributed by atoms with Gasteiger partial charge in [0.1, 0.15) is 11.3 Å². The second-order valence-corrected chi connectivity index (χ2v) is 8.14. The van der Waals surface area contributed by atoms with Crippen LogP contribution in [-0.4, -0.2) is 61.0 Å². The molecule has 1 amide bonds. The van der Waals surface area contributed by atoms with Crippen molar-refractivity contribution in [3.05, 3.63) is 28.8 Å². The molecule has 0 aliphatic carbocycles. The summed E-state index contributed by atoms with van der Waals surface area (Å²) >= 11 is 5.76. The van der Waals surface area contributed by atoms with E-state index in [0.717, 1.165) is 0 Å². The quantitative estimate of drug-likeness (QED) is 0.807. The van der Waals surface area contributed by atoms with Gasteiger partial charge in [0.05, 0.1) is 11.5 Å². The highest BCUT2D eigenvalue weighted by atomic mass is 35.5. The summed E-state index contributed by atoms with van der Waals surface area (Å²) in [5, 5.41) is 9.39. The molecule has 1 atom stereocenters. The second-order valence-electron chi connectivity index (χ2n) is 5.47. The molecule has 1 saturated heterocycles. The topological polar surface area (TPSA) is 101 Å². The van der Waals surface area contributed by atoms with E-state index in [-0.39, 0.29) is 46.4 Å². The lowest BCUT2D eigenvalue weighted by molar-refractivity contribution is -0.135. The maximum Gasteiger partial charge on any atom is 0.339 e. The number of likely N-dealkylation sites (N-methyl/N-ethyl adjacent to an activating group) is 1. The number of carboxylic acid groups (broad SMARTS) is 1. The van der Waals surface area contributed by atoms with Crippen molar-refractivity contribution in [3.8, 4) is 5.75 Å². The van der Waals surface area contributed by atoms with Gasteiger partial charge in [-0.1, -0.05) is 11.6 Å². The van der Waals surface area contributed by atoms with Gasteiger partial charge in [0.2, 0.25) is 0 Å². The minimum absolute atomic E-state index is 0.0374. The molecule has 1 aliphatic rings. The summed E-state index contributed by atoms with van der Waals surface area (Å²) in [6.45, 7) is 1.74. The van der Waals surface area contributed by atoms with Gasteiger partial charge in [0.15, 0.2) is 16.4 Å². The Balaban J connectivity index is 2.06. The van der Waals surface area contributed by atoms with Gasteiger partial charge in [0.25, 0.3) is 5.91 Å². The highest BCUT2D eigenvalue weighted by Gasteiger charge is 2.34. The lowest BCUT2D eigenvalue weighted by atomic mass is 10.2. The third-order valence-corrected chi connectivity index (χ3v) is 5.82. The Morgan fingerprint density at radius 3 is 2.67 bits per heavy atom. The zero-order valence-electron chi connectivity index (χ0n) is 13.1. The molecule has 1 aromatic carbocycles. The Labute approximate surface area is 145 Å². The minimum atomic E-state index is -3.10. The van der Waals surface area contributed by atoms with Gasteiger partial charge in [-0.15, -0.1) is 0 Å². The van der Waals surface area contributed by atoms with Crippen molar-refractivity contribution in [1.29, 1.82) is 0 Å². The Bertz CT molecular complexity index is 748. The van der Waals surface area contributed by atoms with Crippen molar-refractivity contribution in [3.63, 3.8) is 0 Å². The average molecular weight is 376 g/mol. The predicted molar refractivity (Wildman–Crippen MR) is 88.4 cm³/mol. The maximum atomic E-state index is 12.3. The number of amides is 1. The molecule has 0 spiro atoms. The summed E-state index contributed by atoms with van der Waals surface area (Å²) in [5.74, 6) is -1.54. The van der Waals surface area contributed by atoms with Gasteiger partial charge in [-0.3, -0.25) is 4.79 Å². The number of rotatable bonds is 6. The predicted octanol–water partition coefficient (Wildman–Crippen LogP) is 1.45. The molecule has 132 valence electrons. The van der Waals surface area contributed by atoms with Crippen molar-refractivity contribution in [2.24, 2.45) is 0 Å². The summed E-state index contributed by atoms with van der Waals surface area (Å²) in [6, 6.07) is 3.73.